The van der Waals surface area contributed by atoms with Gasteiger partial charge in [-0.2, -0.15) is 0 Å². The van der Waals surface area contributed by atoms with E-state index in [1.165, 1.54) is 0 Å². The molecule has 100 valence electrons. The van der Waals surface area contributed by atoms with Crippen LogP contribution in [-0.2, 0) is 0 Å². The molecule has 0 saturated heterocycles. The van der Waals surface area contributed by atoms with Crippen molar-refractivity contribution in [3.8, 4) is 0 Å². The second-order valence-corrected chi connectivity index (χ2v) is 8.64. The predicted octanol–water partition coefficient (Wildman–Crippen LogP) is 5.27. The number of hydrogen-bond acceptors (Lipinski definition) is 0. The van der Waals surface area contributed by atoms with Gasteiger partial charge in [-0.25, -0.2) is 0 Å². The Kier molecular flexibility index (Phi) is 4.86. The van der Waals surface area contributed by atoms with Crippen molar-refractivity contribution in [2.45, 2.75) is 31.2 Å². The van der Waals surface area contributed by atoms with E-state index in [1.807, 2.05) is 0 Å². The molecule has 0 nitrogen and oxygen atoms in total. The van der Waals surface area contributed by atoms with Crippen LogP contribution in [0.2, 0.25) is 0 Å². The fourth-order valence-electron chi connectivity index (χ4n) is 3.14. The highest BCUT2D eigenvalue weighted by Gasteiger charge is 2.75. The molecule has 2 rings (SSSR count). The molecule has 0 heterocycles. The number of alkyl halides is 8. The molecule has 2 fully saturated rings. The standard InChI is InChI=1S/C9H8Cl8/c10-3-1-2(7(14)15)9(5(3)12,8(16)17)6(13)4(1)11/h1-8H/t1?,2-,3+,4+,5-,6-,9?/m1/s1. The first-order valence-electron chi connectivity index (χ1n) is 4.90. The van der Waals surface area contributed by atoms with Gasteiger partial charge in [0.15, 0.2) is 0 Å². The van der Waals surface area contributed by atoms with E-state index in [9.17, 15) is 0 Å². The lowest BCUT2D eigenvalue weighted by molar-refractivity contribution is 0.264. The van der Waals surface area contributed by atoms with Crippen molar-refractivity contribution in [3.63, 3.8) is 0 Å². The van der Waals surface area contributed by atoms with Crippen molar-refractivity contribution in [1.82, 2.24) is 0 Å². The van der Waals surface area contributed by atoms with Crippen LogP contribution in [-0.4, -0.2) is 31.2 Å². The van der Waals surface area contributed by atoms with Gasteiger partial charge >= 0.3 is 0 Å². The zero-order valence-corrected chi connectivity index (χ0v) is 14.2. The fraction of sp³-hybridized carbons (Fsp3) is 1.00. The van der Waals surface area contributed by atoms with Gasteiger partial charge in [0, 0.05) is 17.3 Å². The van der Waals surface area contributed by atoms with Crippen LogP contribution in [0.3, 0.4) is 0 Å². The first-order valence-corrected chi connectivity index (χ1v) is 8.39. The van der Waals surface area contributed by atoms with E-state index in [0.29, 0.717) is 0 Å². The van der Waals surface area contributed by atoms with Crippen molar-refractivity contribution in [2.24, 2.45) is 17.3 Å². The van der Waals surface area contributed by atoms with E-state index in [2.05, 4.69) is 0 Å². The van der Waals surface area contributed by atoms with E-state index >= 15 is 0 Å². The summed E-state index contributed by atoms with van der Waals surface area (Å²) < 4.78 is 0. The molecule has 0 aromatic carbocycles. The average molecular weight is 400 g/mol. The van der Waals surface area contributed by atoms with Gasteiger partial charge in [0.2, 0.25) is 0 Å². The van der Waals surface area contributed by atoms with Crippen LogP contribution < -0.4 is 0 Å². The molecule has 8 heteroatoms. The largest absolute Gasteiger partial charge is 0.121 e. The highest BCUT2D eigenvalue weighted by atomic mass is 35.5. The molecule has 5 atom stereocenters. The van der Waals surface area contributed by atoms with Gasteiger partial charge in [-0.3, -0.25) is 0 Å². The lowest BCUT2D eigenvalue weighted by atomic mass is 9.80. The van der Waals surface area contributed by atoms with Crippen molar-refractivity contribution in [2.75, 3.05) is 0 Å². The summed E-state index contributed by atoms with van der Waals surface area (Å²) in [6.45, 7) is 0. The monoisotopic (exact) mass is 396 g/mol. The van der Waals surface area contributed by atoms with E-state index < -0.39 is 25.8 Å². The molecule has 17 heavy (non-hydrogen) atoms. The van der Waals surface area contributed by atoms with Crippen molar-refractivity contribution in [3.05, 3.63) is 0 Å². The van der Waals surface area contributed by atoms with Gasteiger partial charge in [-0.1, -0.05) is 0 Å². The Morgan fingerprint density at radius 2 is 1.18 bits per heavy atom. The van der Waals surface area contributed by atoms with E-state index in [4.69, 9.17) is 92.8 Å². The maximum absolute atomic E-state index is 6.35. The van der Waals surface area contributed by atoms with Crippen LogP contribution in [0.15, 0.2) is 0 Å². The molecule has 2 saturated carbocycles. The molecule has 0 unspecified atom stereocenters. The van der Waals surface area contributed by atoms with Crippen molar-refractivity contribution in [1.29, 1.82) is 0 Å². The Labute approximate surface area is 140 Å². The summed E-state index contributed by atoms with van der Waals surface area (Å²) in [4.78, 5) is -1.54. The highest BCUT2D eigenvalue weighted by molar-refractivity contribution is 6.48. The third kappa shape index (κ3) is 1.93. The Bertz CT molecular complexity index is 289. The fourth-order valence-corrected chi connectivity index (χ4v) is 7.36. The highest BCUT2D eigenvalue weighted by Crippen LogP contribution is 2.69. The van der Waals surface area contributed by atoms with Crippen LogP contribution in [0.4, 0.5) is 0 Å². The Balaban J connectivity index is 2.54. The second-order valence-electron chi connectivity index (χ2n) is 4.43. The van der Waals surface area contributed by atoms with Crippen LogP contribution in [0.5, 0.6) is 0 Å². The van der Waals surface area contributed by atoms with Crippen LogP contribution in [0.1, 0.15) is 0 Å². The summed E-state index contributed by atoms with van der Waals surface area (Å²) in [7, 11) is 0. The summed E-state index contributed by atoms with van der Waals surface area (Å²) in [6.07, 6.45) is 0. The summed E-state index contributed by atoms with van der Waals surface area (Å²) in [5.74, 6) is -0.496. The molecule has 0 spiro atoms. The van der Waals surface area contributed by atoms with Crippen molar-refractivity contribution < 1.29 is 0 Å². The third-order valence-corrected chi connectivity index (χ3v) is 7.83. The molecule has 2 bridgehead atoms. The Morgan fingerprint density at radius 1 is 0.765 bits per heavy atom. The minimum atomic E-state index is -0.857. The molecule has 0 radical (unpaired) electrons. The molecule has 0 amide bonds. The normalized spacial score (nSPS) is 54.0. The Hall–Kier alpha value is 2.32. The first-order chi connectivity index (χ1) is 7.77. The summed E-state index contributed by atoms with van der Waals surface area (Å²) in [5, 5.41) is -1.79. The number of fused-ring (bicyclic) bond motifs is 2. The zero-order chi connectivity index (χ0) is 13.1. The Morgan fingerprint density at radius 3 is 1.41 bits per heavy atom. The second kappa shape index (κ2) is 5.26. The van der Waals surface area contributed by atoms with Crippen molar-refractivity contribution >= 4 is 92.8 Å². The molecular formula is C9H8Cl8. The van der Waals surface area contributed by atoms with E-state index in [-0.39, 0.29) is 22.6 Å². The number of rotatable bonds is 2. The summed E-state index contributed by atoms with van der Waals surface area (Å²) >= 11 is 49.5. The average Bonchev–Trinajstić information content (AvgIpc) is 2.60. The van der Waals surface area contributed by atoms with Gasteiger partial charge in [0.05, 0.1) is 21.5 Å². The van der Waals surface area contributed by atoms with Crippen LogP contribution in [0.25, 0.3) is 0 Å². The molecule has 2 aliphatic rings. The maximum Gasteiger partial charge on any atom is 0.116 e. The molecule has 0 aliphatic heterocycles. The van der Waals surface area contributed by atoms with E-state index in [0.717, 1.165) is 0 Å². The minimum absolute atomic E-state index is 0.191. The van der Waals surface area contributed by atoms with Gasteiger partial charge in [0.25, 0.3) is 0 Å². The predicted molar refractivity (Wildman–Crippen MR) is 79.0 cm³/mol. The topological polar surface area (TPSA) is 0 Å². The minimum Gasteiger partial charge on any atom is -0.121 e. The summed E-state index contributed by atoms with van der Waals surface area (Å²) in [5.41, 5.74) is -0.857. The molecule has 0 aromatic rings. The third-order valence-electron chi connectivity index (χ3n) is 3.89. The van der Waals surface area contributed by atoms with E-state index in [1.54, 1.807) is 0 Å². The quantitative estimate of drug-likeness (QED) is 0.555. The number of halogens is 8. The lowest BCUT2D eigenvalue weighted by Crippen LogP contribution is -2.50. The first kappa shape index (κ1) is 15.7. The van der Waals surface area contributed by atoms with Gasteiger partial charge in [0.1, 0.15) is 9.67 Å². The zero-order valence-electron chi connectivity index (χ0n) is 8.14. The van der Waals surface area contributed by atoms with Crippen LogP contribution in [0, 0.1) is 17.3 Å². The smallest absolute Gasteiger partial charge is 0.116 e. The molecule has 0 N–H and O–H groups in total. The molecule has 2 aliphatic carbocycles. The molecule has 0 aromatic heterocycles. The molecular weight excluding hydrogens is 392 g/mol. The maximum atomic E-state index is 6.35. The van der Waals surface area contributed by atoms with Gasteiger partial charge in [-0.15, -0.1) is 92.8 Å². The SMILES string of the molecule is ClC(Cl)[C@H]1C2[C@H](Cl)[C@@H](Cl)C1(C(Cl)Cl)[C@H](Cl)[C@H]2Cl. The summed E-state index contributed by atoms with van der Waals surface area (Å²) in [6, 6.07) is 0. The van der Waals surface area contributed by atoms with Gasteiger partial charge < -0.3 is 0 Å². The van der Waals surface area contributed by atoms with Gasteiger partial charge in [-0.05, 0) is 0 Å². The number of hydrogen-bond donors (Lipinski definition) is 0. The van der Waals surface area contributed by atoms with Crippen LogP contribution >= 0.6 is 92.8 Å². The lowest BCUT2D eigenvalue weighted by Gasteiger charge is -2.41.